The second-order valence-electron chi connectivity index (χ2n) is 8.63. The lowest BCUT2D eigenvalue weighted by Crippen LogP contribution is -2.33. The van der Waals surface area contributed by atoms with Gasteiger partial charge >= 0.3 is 5.97 Å². The Bertz CT molecular complexity index is 636. The van der Waals surface area contributed by atoms with Gasteiger partial charge in [-0.3, -0.25) is 14.4 Å². The van der Waals surface area contributed by atoms with Crippen molar-refractivity contribution in [2.24, 2.45) is 0 Å². The molecule has 0 aromatic carbocycles. The number of allylic oxidation sites excluding steroid dienone is 1. The average molecular weight is 425 g/mol. The molecule has 1 rings (SSSR count). The summed E-state index contributed by atoms with van der Waals surface area (Å²) < 4.78 is 11.7. The Hall–Kier alpha value is -2.19. The second-order valence-corrected chi connectivity index (χ2v) is 8.63. The lowest BCUT2D eigenvalue weighted by atomic mass is 10.0. The van der Waals surface area contributed by atoms with Crippen molar-refractivity contribution in [3.8, 4) is 0 Å². The van der Waals surface area contributed by atoms with Crippen LogP contribution in [-0.4, -0.2) is 65.3 Å². The van der Waals surface area contributed by atoms with E-state index in [0.29, 0.717) is 51.3 Å². The summed E-state index contributed by atoms with van der Waals surface area (Å²) in [4.78, 5) is 35.7. The molecule has 0 aliphatic carbocycles. The molecule has 0 aromatic heterocycles. The van der Waals surface area contributed by atoms with Gasteiger partial charge in [-0.25, -0.2) is 0 Å². The monoisotopic (exact) mass is 424 g/mol. The van der Waals surface area contributed by atoms with E-state index in [1.165, 1.54) is 11.0 Å². The van der Waals surface area contributed by atoms with E-state index >= 15 is 0 Å². The molecule has 0 saturated heterocycles. The molecule has 2 amide bonds. The van der Waals surface area contributed by atoms with Crippen LogP contribution in [0.4, 0.5) is 0 Å². The molecule has 1 aliphatic heterocycles. The van der Waals surface area contributed by atoms with Gasteiger partial charge in [-0.05, 0) is 53.0 Å². The molecule has 8 nitrogen and oxygen atoms in total. The van der Waals surface area contributed by atoms with Crippen molar-refractivity contribution in [1.29, 1.82) is 0 Å². The largest absolute Gasteiger partial charge is 0.481 e. The minimum atomic E-state index is -0.825. The maximum atomic E-state index is 11.9. The summed E-state index contributed by atoms with van der Waals surface area (Å²) in [5, 5.41) is 11.6. The zero-order valence-electron chi connectivity index (χ0n) is 18.7. The van der Waals surface area contributed by atoms with Crippen LogP contribution in [0.3, 0.4) is 0 Å². The third kappa shape index (κ3) is 10.5. The summed E-state index contributed by atoms with van der Waals surface area (Å²) in [5.74, 6) is -1.08. The number of carboxylic acid groups (broad SMARTS) is 1. The van der Waals surface area contributed by atoms with Gasteiger partial charge in [-0.1, -0.05) is 6.58 Å². The fourth-order valence-corrected chi connectivity index (χ4v) is 2.82. The minimum absolute atomic E-state index is 0.0819. The predicted octanol–water partition coefficient (Wildman–Crippen LogP) is 2.64. The Morgan fingerprint density at radius 3 is 2.30 bits per heavy atom. The van der Waals surface area contributed by atoms with Gasteiger partial charge in [0.15, 0.2) is 0 Å². The van der Waals surface area contributed by atoms with Crippen LogP contribution in [0.1, 0.15) is 59.8 Å². The molecule has 0 unspecified atom stereocenters. The summed E-state index contributed by atoms with van der Waals surface area (Å²) in [6.45, 7) is 13.3. The highest BCUT2D eigenvalue weighted by molar-refractivity contribution is 5.93. The fourth-order valence-electron chi connectivity index (χ4n) is 2.82. The van der Waals surface area contributed by atoms with E-state index in [4.69, 9.17) is 14.6 Å². The van der Waals surface area contributed by atoms with Crippen LogP contribution in [0, 0.1) is 0 Å². The molecule has 170 valence electrons. The Labute approximate surface area is 179 Å². The number of carboxylic acids is 1. The standard InChI is InChI=1S/C22H36N2O6/c1-17-7-8-19(26)24(17)14-10-18(25)23-13-6-15-29-22(4,5)12-16-30-21(2,3)11-9-20(27)28/h7-8H,1,6,9-16H2,2-5H3,(H,23,25)(H,27,28). The molecule has 0 bridgehead atoms. The molecule has 0 aromatic rings. The molecule has 0 fully saturated rings. The maximum absolute atomic E-state index is 11.9. The second kappa shape index (κ2) is 11.9. The number of amides is 2. The summed E-state index contributed by atoms with van der Waals surface area (Å²) >= 11 is 0. The maximum Gasteiger partial charge on any atom is 0.303 e. The molecule has 1 heterocycles. The summed E-state index contributed by atoms with van der Waals surface area (Å²) in [6.07, 6.45) is 5.21. The van der Waals surface area contributed by atoms with Crippen LogP contribution in [-0.2, 0) is 23.9 Å². The smallest absolute Gasteiger partial charge is 0.303 e. The van der Waals surface area contributed by atoms with Crippen LogP contribution in [0.15, 0.2) is 24.4 Å². The van der Waals surface area contributed by atoms with Gasteiger partial charge in [0, 0.05) is 44.3 Å². The molecular formula is C22H36N2O6. The fraction of sp³-hybridized carbons (Fsp3) is 0.682. The Kier molecular flexibility index (Phi) is 10.2. The van der Waals surface area contributed by atoms with Crippen LogP contribution >= 0.6 is 0 Å². The van der Waals surface area contributed by atoms with E-state index in [-0.39, 0.29) is 30.3 Å². The number of rotatable bonds is 15. The van der Waals surface area contributed by atoms with E-state index in [1.54, 1.807) is 6.08 Å². The van der Waals surface area contributed by atoms with E-state index < -0.39 is 11.6 Å². The first-order valence-corrected chi connectivity index (χ1v) is 10.4. The number of nitrogens with one attached hydrogen (secondary N) is 1. The normalized spacial score (nSPS) is 14.5. The Morgan fingerprint density at radius 2 is 1.70 bits per heavy atom. The highest BCUT2D eigenvalue weighted by atomic mass is 16.5. The zero-order chi connectivity index (χ0) is 22.8. The van der Waals surface area contributed by atoms with Crippen molar-refractivity contribution in [3.63, 3.8) is 0 Å². The highest BCUT2D eigenvalue weighted by Crippen LogP contribution is 2.20. The molecule has 0 saturated carbocycles. The summed E-state index contributed by atoms with van der Waals surface area (Å²) in [6, 6.07) is 0. The number of ether oxygens (including phenoxy) is 2. The molecule has 30 heavy (non-hydrogen) atoms. The number of carbonyl (C=O) groups excluding carboxylic acids is 2. The van der Waals surface area contributed by atoms with Gasteiger partial charge in [-0.15, -0.1) is 0 Å². The predicted molar refractivity (Wildman–Crippen MR) is 114 cm³/mol. The summed E-state index contributed by atoms with van der Waals surface area (Å²) in [7, 11) is 0. The van der Waals surface area contributed by atoms with Crippen molar-refractivity contribution in [2.45, 2.75) is 71.0 Å². The zero-order valence-corrected chi connectivity index (χ0v) is 18.7. The van der Waals surface area contributed by atoms with Gasteiger partial charge in [0.2, 0.25) is 5.91 Å². The summed E-state index contributed by atoms with van der Waals surface area (Å²) in [5.41, 5.74) is -0.255. The van der Waals surface area contributed by atoms with E-state index in [9.17, 15) is 14.4 Å². The number of aliphatic carboxylic acids is 1. The molecule has 0 atom stereocenters. The van der Waals surface area contributed by atoms with Crippen molar-refractivity contribution >= 4 is 17.8 Å². The van der Waals surface area contributed by atoms with E-state index in [1.807, 2.05) is 27.7 Å². The van der Waals surface area contributed by atoms with Crippen LogP contribution < -0.4 is 5.32 Å². The molecule has 1 aliphatic rings. The average Bonchev–Trinajstić information content (AvgIpc) is 2.95. The van der Waals surface area contributed by atoms with Gasteiger partial charge < -0.3 is 24.8 Å². The van der Waals surface area contributed by atoms with E-state index in [2.05, 4.69) is 11.9 Å². The van der Waals surface area contributed by atoms with Gasteiger partial charge in [0.1, 0.15) is 0 Å². The van der Waals surface area contributed by atoms with Crippen LogP contribution in [0.2, 0.25) is 0 Å². The van der Waals surface area contributed by atoms with Crippen molar-refractivity contribution in [2.75, 3.05) is 26.3 Å². The topological polar surface area (TPSA) is 105 Å². The quantitative estimate of drug-likeness (QED) is 0.392. The molecule has 0 spiro atoms. The Balaban J connectivity index is 2.12. The first-order chi connectivity index (χ1) is 13.9. The number of hydrogen-bond donors (Lipinski definition) is 2. The lowest BCUT2D eigenvalue weighted by molar-refractivity contribution is -0.139. The molecule has 2 N–H and O–H groups in total. The first kappa shape index (κ1) is 25.8. The van der Waals surface area contributed by atoms with E-state index in [0.717, 1.165) is 0 Å². The lowest BCUT2D eigenvalue weighted by Gasteiger charge is -2.29. The third-order valence-electron chi connectivity index (χ3n) is 4.87. The van der Waals surface area contributed by atoms with Crippen LogP contribution in [0.5, 0.6) is 0 Å². The van der Waals surface area contributed by atoms with Crippen molar-refractivity contribution in [3.05, 3.63) is 24.4 Å². The SMILES string of the molecule is C=C1C=CC(=O)N1CCC(=O)NCCCOC(C)(C)CCOC(C)(C)CCC(=O)O. The molecular weight excluding hydrogens is 388 g/mol. The Morgan fingerprint density at radius 1 is 1.07 bits per heavy atom. The van der Waals surface area contributed by atoms with Crippen molar-refractivity contribution < 1.29 is 29.0 Å². The number of hydrogen-bond acceptors (Lipinski definition) is 5. The van der Waals surface area contributed by atoms with Gasteiger partial charge in [-0.2, -0.15) is 0 Å². The highest BCUT2D eigenvalue weighted by Gasteiger charge is 2.23. The number of nitrogens with zero attached hydrogens (tertiary/aromatic N) is 1. The van der Waals surface area contributed by atoms with Crippen molar-refractivity contribution in [1.82, 2.24) is 10.2 Å². The molecule has 8 heteroatoms. The minimum Gasteiger partial charge on any atom is -0.481 e. The third-order valence-corrected chi connectivity index (χ3v) is 4.87. The number of carbonyl (C=O) groups is 3. The van der Waals surface area contributed by atoms with Gasteiger partial charge in [0.25, 0.3) is 5.91 Å². The first-order valence-electron chi connectivity index (χ1n) is 10.4. The van der Waals surface area contributed by atoms with Crippen LogP contribution in [0.25, 0.3) is 0 Å². The molecule has 0 radical (unpaired) electrons. The van der Waals surface area contributed by atoms with Gasteiger partial charge in [0.05, 0.1) is 17.8 Å².